The maximum Gasteiger partial charge on any atom is 0.442 e. The van der Waals surface area contributed by atoms with Crippen LogP contribution < -0.4 is 10.5 Å². The molecule has 2 aromatic carbocycles. The minimum Gasteiger partial charge on any atom is -0.495 e. The molecule has 0 radical (unpaired) electrons. The lowest BCUT2D eigenvalue weighted by Crippen LogP contribution is -2.21. The third-order valence-corrected chi connectivity index (χ3v) is 4.14. The molecule has 1 heterocycles. The van der Waals surface area contributed by atoms with Crippen molar-refractivity contribution in [3.05, 3.63) is 69.2 Å². The van der Waals surface area contributed by atoms with E-state index in [0.29, 0.717) is 22.2 Å². The number of ether oxygens (including phenoxy) is 1. The smallest absolute Gasteiger partial charge is 0.442 e. The van der Waals surface area contributed by atoms with Gasteiger partial charge in [0.1, 0.15) is 5.75 Å². The van der Waals surface area contributed by atoms with E-state index in [1.165, 1.54) is 17.7 Å². The minimum absolute atomic E-state index is 0.200. The van der Waals surface area contributed by atoms with E-state index in [-0.39, 0.29) is 12.3 Å². The van der Waals surface area contributed by atoms with E-state index >= 15 is 0 Å². The number of ketones is 1. The van der Waals surface area contributed by atoms with Gasteiger partial charge in [-0.25, -0.2) is 9.36 Å². The zero-order valence-electron chi connectivity index (χ0n) is 13.7. The molecule has 1 aromatic heterocycles. The highest BCUT2D eigenvalue weighted by Crippen LogP contribution is 2.26. The van der Waals surface area contributed by atoms with E-state index in [9.17, 15) is 9.59 Å². The number of halogens is 1. The summed E-state index contributed by atoms with van der Waals surface area (Å²) in [6, 6.07) is 12.1. The molecule has 7 heteroatoms. The van der Waals surface area contributed by atoms with Gasteiger partial charge in [-0.05, 0) is 30.7 Å². The zero-order valence-corrected chi connectivity index (χ0v) is 14.4. The van der Waals surface area contributed by atoms with Gasteiger partial charge >= 0.3 is 5.76 Å². The lowest BCUT2D eigenvalue weighted by atomic mass is 10.1. The Morgan fingerprint density at radius 2 is 2.04 bits per heavy atom. The maximum atomic E-state index is 12.6. The Labute approximate surface area is 148 Å². The van der Waals surface area contributed by atoms with E-state index in [1.54, 1.807) is 12.1 Å². The van der Waals surface area contributed by atoms with E-state index in [2.05, 4.69) is 5.16 Å². The van der Waals surface area contributed by atoms with Crippen LogP contribution >= 0.6 is 11.6 Å². The Morgan fingerprint density at radius 1 is 1.28 bits per heavy atom. The van der Waals surface area contributed by atoms with Crippen molar-refractivity contribution in [3.8, 4) is 17.1 Å². The quantitative estimate of drug-likeness (QED) is 0.654. The summed E-state index contributed by atoms with van der Waals surface area (Å²) in [5, 5.41) is 4.14. The number of benzene rings is 2. The van der Waals surface area contributed by atoms with Crippen LogP contribution in [0.4, 0.5) is 0 Å². The molecule has 0 amide bonds. The SMILES string of the molecule is COc1ccc(C(=O)Cn2c(-c3ccccc3C)noc2=O)cc1Cl. The summed E-state index contributed by atoms with van der Waals surface area (Å²) >= 11 is 6.06. The normalized spacial score (nSPS) is 10.7. The Hall–Kier alpha value is -2.86. The van der Waals surface area contributed by atoms with Crippen molar-refractivity contribution in [1.82, 2.24) is 9.72 Å². The van der Waals surface area contributed by atoms with E-state index < -0.39 is 5.76 Å². The van der Waals surface area contributed by atoms with Crippen molar-refractivity contribution in [2.24, 2.45) is 0 Å². The molecule has 25 heavy (non-hydrogen) atoms. The highest BCUT2D eigenvalue weighted by molar-refractivity contribution is 6.32. The van der Waals surface area contributed by atoms with Crippen molar-refractivity contribution in [1.29, 1.82) is 0 Å². The summed E-state index contributed by atoms with van der Waals surface area (Å²) < 4.78 is 11.0. The van der Waals surface area contributed by atoms with Crippen molar-refractivity contribution < 1.29 is 14.1 Å². The van der Waals surface area contributed by atoms with Crippen LogP contribution in [-0.4, -0.2) is 22.6 Å². The number of carbonyl (C=O) groups excluding carboxylic acids is 1. The number of hydrogen-bond acceptors (Lipinski definition) is 5. The molecule has 0 fully saturated rings. The van der Waals surface area contributed by atoms with Crippen molar-refractivity contribution >= 4 is 17.4 Å². The summed E-state index contributed by atoms with van der Waals surface area (Å²) in [6.45, 7) is 1.69. The molecular formula is C18H15ClN2O4. The molecule has 0 aliphatic heterocycles. The van der Waals surface area contributed by atoms with Crippen molar-refractivity contribution in [2.45, 2.75) is 13.5 Å². The molecule has 0 aliphatic carbocycles. The molecule has 0 bridgehead atoms. The second-order valence-corrected chi connectivity index (χ2v) is 5.85. The Kier molecular flexibility index (Phi) is 4.72. The van der Waals surface area contributed by atoms with Gasteiger partial charge in [-0.2, -0.15) is 0 Å². The molecule has 0 saturated heterocycles. The summed E-state index contributed by atoms with van der Waals surface area (Å²) in [4.78, 5) is 24.6. The van der Waals surface area contributed by atoms with E-state index in [1.807, 2.05) is 31.2 Å². The zero-order chi connectivity index (χ0) is 18.0. The van der Waals surface area contributed by atoms with Gasteiger partial charge in [-0.1, -0.05) is 41.0 Å². The van der Waals surface area contributed by atoms with E-state index in [4.69, 9.17) is 20.9 Å². The number of nitrogens with zero attached hydrogens (tertiary/aromatic N) is 2. The largest absolute Gasteiger partial charge is 0.495 e. The summed E-state index contributed by atoms with van der Waals surface area (Å²) in [5.41, 5.74) is 2.02. The van der Waals surface area contributed by atoms with Crippen LogP contribution in [0.2, 0.25) is 5.02 Å². The lowest BCUT2D eigenvalue weighted by molar-refractivity contribution is 0.0969. The maximum absolute atomic E-state index is 12.6. The number of rotatable bonds is 5. The van der Waals surface area contributed by atoms with Gasteiger partial charge in [-0.3, -0.25) is 9.32 Å². The molecule has 0 atom stereocenters. The third kappa shape index (κ3) is 3.34. The van der Waals surface area contributed by atoms with Crippen LogP contribution in [0.3, 0.4) is 0 Å². The van der Waals surface area contributed by atoms with Crippen molar-refractivity contribution in [3.63, 3.8) is 0 Å². The first kappa shape index (κ1) is 17.0. The summed E-state index contributed by atoms with van der Waals surface area (Å²) in [5.74, 6) is -0.187. The predicted molar refractivity (Wildman–Crippen MR) is 93.3 cm³/mol. The highest BCUT2D eigenvalue weighted by atomic mass is 35.5. The lowest BCUT2D eigenvalue weighted by Gasteiger charge is -2.08. The van der Waals surface area contributed by atoms with Crippen LogP contribution in [0.25, 0.3) is 11.4 Å². The molecule has 128 valence electrons. The molecule has 0 N–H and O–H groups in total. The van der Waals surface area contributed by atoms with Crippen LogP contribution in [0, 0.1) is 6.92 Å². The van der Waals surface area contributed by atoms with Gasteiger partial charge in [0.2, 0.25) is 0 Å². The average molecular weight is 359 g/mol. The predicted octanol–water partition coefficient (Wildman–Crippen LogP) is 3.36. The van der Waals surface area contributed by atoms with Gasteiger partial charge in [-0.15, -0.1) is 0 Å². The second-order valence-electron chi connectivity index (χ2n) is 5.45. The molecule has 0 saturated carbocycles. The summed E-state index contributed by atoms with van der Waals surface area (Å²) in [7, 11) is 1.49. The number of carbonyl (C=O) groups is 1. The van der Waals surface area contributed by atoms with E-state index in [0.717, 1.165) is 11.1 Å². The molecule has 0 aliphatic rings. The van der Waals surface area contributed by atoms with Crippen molar-refractivity contribution in [2.75, 3.05) is 7.11 Å². The first-order valence-electron chi connectivity index (χ1n) is 7.50. The molecule has 0 unspecified atom stereocenters. The van der Waals surface area contributed by atoms with Gasteiger partial charge in [0.25, 0.3) is 0 Å². The number of aryl methyl sites for hydroxylation is 1. The fourth-order valence-electron chi connectivity index (χ4n) is 2.50. The van der Waals surface area contributed by atoms with Crippen LogP contribution in [-0.2, 0) is 6.54 Å². The Bertz CT molecular complexity index is 991. The van der Waals surface area contributed by atoms with Gasteiger partial charge < -0.3 is 4.74 Å². The molecular weight excluding hydrogens is 344 g/mol. The number of methoxy groups -OCH3 is 1. The second kappa shape index (κ2) is 6.94. The topological polar surface area (TPSA) is 74.3 Å². The first-order chi connectivity index (χ1) is 12.0. The molecule has 3 aromatic rings. The van der Waals surface area contributed by atoms with Gasteiger partial charge in [0.05, 0.1) is 18.7 Å². The standard InChI is InChI=1S/C18H15ClN2O4/c1-11-5-3-4-6-13(11)17-20-25-18(23)21(17)10-15(22)12-7-8-16(24-2)14(19)9-12/h3-9H,10H2,1-2H3. The third-order valence-electron chi connectivity index (χ3n) is 3.85. The molecule has 6 nitrogen and oxygen atoms in total. The minimum atomic E-state index is -0.689. The number of Topliss-reactive ketones (excluding diaryl/α,β-unsaturated/α-hetero) is 1. The fourth-order valence-corrected chi connectivity index (χ4v) is 2.76. The fraction of sp³-hybridized carbons (Fsp3) is 0.167. The average Bonchev–Trinajstić information content (AvgIpc) is 2.96. The van der Waals surface area contributed by atoms with Gasteiger partial charge in [0, 0.05) is 11.1 Å². The van der Waals surface area contributed by atoms with Gasteiger partial charge in [0.15, 0.2) is 11.6 Å². The summed E-state index contributed by atoms with van der Waals surface area (Å²) in [6.07, 6.45) is 0. The van der Waals surface area contributed by atoms with Crippen LogP contribution in [0.1, 0.15) is 15.9 Å². The molecule has 3 rings (SSSR count). The highest BCUT2D eigenvalue weighted by Gasteiger charge is 2.18. The Balaban J connectivity index is 1.95. The monoisotopic (exact) mass is 358 g/mol. The Morgan fingerprint density at radius 3 is 2.72 bits per heavy atom. The number of hydrogen-bond donors (Lipinski definition) is 0. The first-order valence-corrected chi connectivity index (χ1v) is 7.88. The van der Waals surface area contributed by atoms with Crippen LogP contribution in [0.15, 0.2) is 51.8 Å². The number of aromatic nitrogens is 2. The van der Waals surface area contributed by atoms with Crippen LogP contribution in [0.5, 0.6) is 5.75 Å². The molecule has 0 spiro atoms.